The summed E-state index contributed by atoms with van der Waals surface area (Å²) in [5.74, 6) is -4.50. The lowest BCUT2D eigenvalue weighted by atomic mass is 10.1. The van der Waals surface area contributed by atoms with Crippen molar-refractivity contribution in [2.24, 2.45) is 5.92 Å². The van der Waals surface area contributed by atoms with Gasteiger partial charge in [0.2, 0.25) is 11.8 Å². The highest BCUT2D eigenvalue weighted by atomic mass is 19.3. The lowest BCUT2D eigenvalue weighted by Gasteiger charge is -2.12. The van der Waals surface area contributed by atoms with Crippen molar-refractivity contribution >= 4 is 17.3 Å². The number of nitrogens with two attached hydrogens (primary N) is 1. The predicted octanol–water partition coefficient (Wildman–Crippen LogP) is 2.78. The number of alkyl halides is 2. The summed E-state index contributed by atoms with van der Waals surface area (Å²) >= 11 is 0. The van der Waals surface area contributed by atoms with Crippen LogP contribution >= 0.6 is 0 Å². The quantitative estimate of drug-likeness (QED) is 0.801. The number of nitrogen functional groups attached to an aromatic ring is 1. The van der Waals surface area contributed by atoms with E-state index in [1.165, 1.54) is 6.07 Å². The van der Waals surface area contributed by atoms with Crippen molar-refractivity contribution in [3.8, 4) is 0 Å². The van der Waals surface area contributed by atoms with Gasteiger partial charge in [-0.1, -0.05) is 0 Å². The second-order valence-corrected chi connectivity index (χ2v) is 4.52. The van der Waals surface area contributed by atoms with Crippen molar-refractivity contribution < 1.29 is 18.0 Å². The van der Waals surface area contributed by atoms with Crippen LogP contribution in [-0.2, 0) is 4.79 Å². The van der Waals surface area contributed by atoms with Gasteiger partial charge in [-0.3, -0.25) is 4.79 Å². The number of carbonyl (C=O) groups excluding carboxylic acids is 1. The number of hydrogen-bond donors (Lipinski definition) is 2. The highest BCUT2D eigenvalue weighted by molar-refractivity contribution is 5.95. The van der Waals surface area contributed by atoms with Gasteiger partial charge in [-0.25, -0.2) is 13.2 Å². The van der Waals surface area contributed by atoms with Gasteiger partial charge in [0.15, 0.2) is 0 Å². The monoisotopic (exact) mass is 258 g/mol. The molecule has 1 amide bonds. The Bertz CT molecular complexity index is 476. The number of carbonyl (C=O) groups is 1. The van der Waals surface area contributed by atoms with Gasteiger partial charge in [0, 0.05) is 18.8 Å². The predicted molar refractivity (Wildman–Crippen MR) is 61.7 cm³/mol. The third kappa shape index (κ3) is 2.75. The largest absolute Gasteiger partial charge is 0.397 e. The molecule has 0 spiro atoms. The number of rotatable bonds is 2. The molecule has 6 heteroatoms. The van der Waals surface area contributed by atoms with E-state index >= 15 is 0 Å². The van der Waals surface area contributed by atoms with Crippen molar-refractivity contribution in [3.05, 3.63) is 24.0 Å². The number of halogens is 3. The van der Waals surface area contributed by atoms with Crippen LogP contribution in [0.4, 0.5) is 24.5 Å². The van der Waals surface area contributed by atoms with Crippen molar-refractivity contribution in [1.82, 2.24) is 0 Å². The summed E-state index contributed by atoms with van der Waals surface area (Å²) in [6, 6.07) is 3.53. The van der Waals surface area contributed by atoms with Crippen LogP contribution in [0.3, 0.4) is 0 Å². The molecule has 1 aromatic carbocycles. The fourth-order valence-electron chi connectivity index (χ4n) is 2.06. The van der Waals surface area contributed by atoms with Crippen LogP contribution < -0.4 is 11.1 Å². The number of benzene rings is 1. The standard InChI is InChI=1S/C12H13F3N2O/c13-8-1-2-10(9(16)5-8)17-11(18)7-3-4-12(14,15)6-7/h1-2,5,7H,3-4,6,16H2,(H,17,18). The Balaban J connectivity index is 2.04. The molecule has 0 bridgehead atoms. The van der Waals surface area contributed by atoms with E-state index in [-0.39, 0.29) is 24.2 Å². The van der Waals surface area contributed by atoms with E-state index in [9.17, 15) is 18.0 Å². The molecule has 1 unspecified atom stereocenters. The van der Waals surface area contributed by atoms with Crippen LogP contribution in [0.1, 0.15) is 19.3 Å². The molecule has 0 saturated heterocycles. The maximum Gasteiger partial charge on any atom is 0.248 e. The van der Waals surface area contributed by atoms with Gasteiger partial charge in [0.25, 0.3) is 0 Å². The van der Waals surface area contributed by atoms with Gasteiger partial charge in [-0.05, 0) is 24.6 Å². The zero-order chi connectivity index (χ0) is 13.3. The zero-order valence-corrected chi connectivity index (χ0v) is 9.55. The maximum absolute atomic E-state index is 13.0. The van der Waals surface area contributed by atoms with Crippen molar-refractivity contribution in [3.63, 3.8) is 0 Å². The molecule has 98 valence electrons. The summed E-state index contributed by atoms with van der Waals surface area (Å²) in [5.41, 5.74) is 5.84. The van der Waals surface area contributed by atoms with Crippen LogP contribution in [-0.4, -0.2) is 11.8 Å². The van der Waals surface area contributed by atoms with Gasteiger partial charge in [-0.2, -0.15) is 0 Å². The molecule has 18 heavy (non-hydrogen) atoms. The molecule has 1 atom stereocenters. The molecular formula is C12H13F3N2O. The summed E-state index contributed by atoms with van der Waals surface area (Å²) in [7, 11) is 0. The lowest BCUT2D eigenvalue weighted by Crippen LogP contribution is -2.23. The minimum Gasteiger partial charge on any atom is -0.397 e. The van der Waals surface area contributed by atoms with Gasteiger partial charge < -0.3 is 11.1 Å². The third-order valence-electron chi connectivity index (χ3n) is 3.05. The highest BCUT2D eigenvalue weighted by Gasteiger charge is 2.42. The summed E-state index contributed by atoms with van der Waals surface area (Å²) in [6.07, 6.45) is -0.566. The molecule has 0 aromatic heterocycles. The van der Waals surface area contributed by atoms with Gasteiger partial charge in [0.1, 0.15) is 5.82 Å². The lowest BCUT2D eigenvalue weighted by molar-refractivity contribution is -0.120. The Hall–Kier alpha value is -1.72. The van der Waals surface area contributed by atoms with E-state index in [2.05, 4.69) is 5.32 Å². The van der Waals surface area contributed by atoms with E-state index in [0.29, 0.717) is 0 Å². The number of anilines is 2. The number of hydrogen-bond acceptors (Lipinski definition) is 2. The molecule has 1 saturated carbocycles. The van der Waals surface area contributed by atoms with Crippen molar-refractivity contribution in [2.75, 3.05) is 11.1 Å². The second kappa shape index (κ2) is 4.51. The Morgan fingerprint density at radius 3 is 2.72 bits per heavy atom. The molecule has 0 aliphatic heterocycles. The summed E-state index contributed by atoms with van der Waals surface area (Å²) in [6.45, 7) is 0. The molecule has 1 aliphatic carbocycles. The smallest absolute Gasteiger partial charge is 0.248 e. The molecule has 3 nitrogen and oxygen atoms in total. The maximum atomic E-state index is 13.0. The highest BCUT2D eigenvalue weighted by Crippen LogP contribution is 2.39. The molecule has 0 radical (unpaired) electrons. The first-order valence-corrected chi connectivity index (χ1v) is 5.61. The minimum atomic E-state index is -2.77. The first-order chi connectivity index (χ1) is 8.37. The van der Waals surface area contributed by atoms with Crippen LogP contribution in [0.5, 0.6) is 0 Å². The molecule has 1 aliphatic rings. The van der Waals surface area contributed by atoms with Crippen LogP contribution in [0.15, 0.2) is 18.2 Å². The summed E-state index contributed by atoms with van der Waals surface area (Å²) in [4.78, 5) is 11.7. The van der Waals surface area contributed by atoms with E-state index in [0.717, 1.165) is 12.1 Å². The Morgan fingerprint density at radius 2 is 2.17 bits per heavy atom. The van der Waals surface area contributed by atoms with Gasteiger partial charge >= 0.3 is 0 Å². The average molecular weight is 258 g/mol. The molecular weight excluding hydrogens is 245 g/mol. The minimum absolute atomic E-state index is 0.0770. The SMILES string of the molecule is Nc1cc(F)ccc1NC(=O)C1CCC(F)(F)C1. The molecule has 1 fully saturated rings. The number of nitrogens with one attached hydrogen (secondary N) is 1. The van der Waals surface area contributed by atoms with Gasteiger partial charge in [0.05, 0.1) is 11.4 Å². The third-order valence-corrected chi connectivity index (χ3v) is 3.05. The fraction of sp³-hybridized carbons (Fsp3) is 0.417. The zero-order valence-electron chi connectivity index (χ0n) is 9.55. The first-order valence-electron chi connectivity index (χ1n) is 5.61. The molecule has 1 aromatic rings. The average Bonchev–Trinajstić information content (AvgIpc) is 2.63. The Labute approximate surface area is 102 Å². The number of amides is 1. The Morgan fingerprint density at radius 1 is 1.44 bits per heavy atom. The van der Waals surface area contributed by atoms with Crippen LogP contribution in [0.25, 0.3) is 0 Å². The normalized spacial score (nSPS) is 21.8. The van der Waals surface area contributed by atoms with Crippen molar-refractivity contribution in [2.45, 2.75) is 25.2 Å². The second-order valence-electron chi connectivity index (χ2n) is 4.52. The first kappa shape index (κ1) is 12.7. The Kier molecular flexibility index (Phi) is 3.19. The topological polar surface area (TPSA) is 55.1 Å². The molecule has 2 rings (SSSR count). The van der Waals surface area contributed by atoms with Crippen LogP contribution in [0.2, 0.25) is 0 Å². The van der Waals surface area contributed by atoms with E-state index in [4.69, 9.17) is 5.73 Å². The summed E-state index contributed by atoms with van der Waals surface area (Å²) in [5, 5.41) is 2.45. The van der Waals surface area contributed by atoms with E-state index in [1.807, 2.05) is 0 Å². The molecule has 0 heterocycles. The van der Waals surface area contributed by atoms with Gasteiger partial charge in [-0.15, -0.1) is 0 Å². The van der Waals surface area contributed by atoms with E-state index in [1.54, 1.807) is 0 Å². The summed E-state index contributed by atoms with van der Waals surface area (Å²) < 4.78 is 38.7. The fourth-order valence-corrected chi connectivity index (χ4v) is 2.06. The molecule has 3 N–H and O–H groups in total. The van der Waals surface area contributed by atoms with E-state index < -0.39 is 30.0 Å². The van der Waals surface area contributed by atoms with Crippen LogP contribution in [0, 0.1) is 11.7 Å². The van der Waals surface area contributed by atoms with Crippen molar-refractivity contribution in [1.29, 1.82) is 0 Å².